The highest BCUT2D eigenvalue weighted by Gasteiger charge is 2.17. The van der Waals surface area contributed by atoms with Crippen LogP contribution in [0.25, 0.3) is 0 Å². The predicted octanol–water partition coefficient (Wildman–Crippen LogP) is 0.980. The standard InChI is InChI=1S/C8H9F4N3O/c9-3-1-4(10)8(15-7(3)13)14-2-5(16)6(11)12/h1,5-6,16H,2H2,(H3,13,14,15). The number of hydrogen-bond donors (Lipinski definition) is 3. The van der Waals surface area contributed by atoms with Crippen LogP contribution in [0.4, 0.5) is 29.2 Å². The highest BCUT2D eigenvalue weighted by molar-refractivity contribution is 5.44. The first-order chi connectivity index (χ1) is 7.41. The minimum atomic E-state index is -2.96. The van der Waals surface area contributed by atoms with Crippen molar-refractivity contribution in [1.29, 1.82) is 0 Å². The molecule has 1 aromatic rings. The van der Waals surface area contributed by atoms with Gasteiger partial charge in [-0.05, 0) is 0 Å². The van der Waals surface area contributed by atoms with E-state index in [2.05, 4.69) is 10.3 Å². The number of nitrogens with one attached hydrogen (secondary N) is 1. The van der Waals surface area contributed by atoms with Crippen LogP contribution in [-0.4, -0.2) is 29.2 Å². The van der Waals surface area contributed by atoms with Gasteiger partial charge in [0, 0.05) is 12.6 Å². The second-order valence-corrected chi connectivity index (χ2v) is 2.97. The van der Waals surface area contributed by atoms with E-state index >= 15 is 0 Å². The fourth-order valence-corrected chi connectivity index (χ4v) is 0.895. The van der Waals surface area contributed by atoms with Crippen LogP contribution >= 0.6 is 0 Å². The molecule has 0 bridgehead atoms. The van der Waals surface area contributed by atoms with Crippen LogP contribution in [0.3, 0.4) is 0 Å². The van der Waals surface area contributed by atoms with Crippen LogP contribution in [0.2, 0.25) is 0 Å². The lowest BCUT2D eigenvalue weighted by atomic mass is 10.3. The fraction of sp³-hybridized carbons (Fsp3) is 0.375. The Bertz CT molecular complexity index is 375. The van der Waals surface area contributed by atoms with Gasteiger partial charge in [0.1, 0.15) is 6.10 Å². The summed E-state index contributed by atoms with van der Waals surface area (Å²) in [4.78, 5) is 3.26. The van der Waals surface area contributed by atoms with Crippen LogP contribution in [0, 0.1) is 11.6 Å². The number of nitrogens with zero attached hydrogens (tertiary/aromatic N) is 1. The Morgan fingerprint density at radius 2 is 2.00 bits per heavy atom. The van der Waals surface area contributed by atoms with Crippen LogP contribution in [0.15, 0.2) is 6.07 Å². The topological polar surface area (TPSA) is 71.2 Å². The largest absolute Gasteiger partial charge is 0.385 e. The van der Waals surface area contributed by atoms with Crippen molar-refractivity contribution in [3.8, 4) is 0 Å². The van der Waals surface area contributed by atoms with Crippen molar-refractivity contribution < 1.29 is 22.7 Å². The lowest BCUT2D eigenvalue weighted by Gasteiger charge is -2.12. The van der Waals surface area contributed by atoms with Crippen molar-refractivity contribution >= 4 is 11.6 Å². The summed E-state index contributed by atoms with van der Waals surface area (Å²) < 4.78 is 49.4. The molecule has 1 atom stereocenters. The SMILES string of the molecule is Nc1nc(NCC(O)C(F)F)c(F)cc1F. The number of hydrogen-bond acceptors (Lipinski definition) is 4. The van der Waals surface area contributed by atoms with E-state index < -0.39 is 42.3 Å². The molecule has 1 heterocycles. The third-order valence-electron chi connectivity index (χ3n) is 1.73. The fourth-order valence-electron chi connectivity index (χ4n) is 0.895. The van der Waals surface area contributed by atoms with Gasteiger partial charge in [-0.1, -0.05) is 0 Å². The number of nitrogen functional groups attached to an aromatic ring is 1. The van der Waals surface area contributed by atoms with Gasteiger partial charge in [-0.15, -0.1) is 0 Å². The summed E-state index contributed by atoms with van der Waals surface area (Å²) in [6.45, 7) is -0.618. The second-order valence-electron chi connectivity index (χ2n) is 2.97. The maximum atomic E-state index is 13.0. The average molecular weight is 239 g/mol. The molecule has 1 rings (SSSR count). The van der Waals surface area contributed by atoms with Crippen molar-refractivity contribution in [3.63, 3.8) is 0 Å². The summed E-state index contributed by atoms with van der Waals surface area (Å²) in [7, 11) is 0. The number of alkyl halides is 2. The Hall–Kier alpha value is -1.57. The van der Waals surface area contributed by atoms with Gasteiger partial charge in [-0.2, -0.15) is 0 Å². The molecule has 0 radical (unpaired) electrons. The van der Waals surface area contributed by atoms with Gasteiger partial charge in [0.05, 0.1) is 0 Å². The van der Waals surface area contributed by atoms with E-state index in [-0.39, 0.29) is 0 Å². The van der Waals surface area contributed by atoms with Gasteiger partial charge in [-0.3, -0.25) is 0 Å². The van der Waals surface area contributed by atoms with E-state index in [9.17, 15) is 17.6 Å². The zero-order valence-corrected chi connectivity index (χ0v) is 7.92. The molecule has 0 aromatic carbocycles. The number of aromatic nitrogens is 1. The third kappa shape index (κ3) is 2.96. The maximum absolute atomic E-state index is 13.0. The Morgan fingerprint density at radius 3 is 2.56 bits per heavy atom. The van der Waals surface area contributed by atoms with Gasteiger partial charge in [-0.25, -0.2) is 22.5 Å². The van der Waals surface area contributed by atoms with Gasteiger partial charge < -0.3 is 16.2 Å². The zero-order chi connectivity index (χ0) is 12.3. The molecule has 0 aliphatic heterocycles. The summed E-state index contributed by atoms with van der Waals surface area (Å²) >= 11 is 0. The molecular weight excluding hydrogens is 230 g/mol. The molecule has 90 valence electrons. The number of rotatable bonds is 4. The molecule has 0 amide bonds. The van der Waals surface area contributed by atoms with Gasteiger partial charge >= 0.3 is 0 Å². The van der Waals surface area contributed by atoms with Crippen LogP contribution in [0.1, 0.15) is 0 Å². The van der Waals surface area contributed by atoms with E-state index in [1.165, 1.54) is 0 Å². The van der Waals surface area contributed by atoms with Gasteiger partial charge in [0.15, 0.2) is 23.3 Å². The average Bonchev–Trinajstić information content (AvgIpc) is 2.20. The lowest BCUT2D eigenvalue weighted by Crippen LogP contribution is -2.27. The molecule has 1 aromatic heterocycles. The molecule has 0 saturated carbocycles. The number of halogens is 4. The number of anilines is 2. The van der Waals surface area contributed by atoms with E-state index in [4.69, 9.17) is 10.8 Å². The molecular formula is C8H9F4N3O. The highest BCUT2D eigenvalue weighted by Crippen LogP contribution is 2.16. The number of pyridine rings is 1. The molecule has 8 heteroatoms. The molecule has 1 unspecified atom stereocenters. The molecule has 16 heavy (non-hydrogen) atoms. The Labute approximate surface area is 88.1 Å². The smallest absolute Gasteiger partial charge is 0.265 e. The van der Waals surface area contributed by atoms with Crippen molar-refractivity contribution in [3.05, 3.63) is 17.7 Å². The van der Waals surface area contributed by atoms with E-state index in [0.29, 0.717) is 6.07 Å². The molecule has 0 aliphatic rings. The Morgan fingerprint density at radius 1 is 1.38 bits per heavy atom. The third-order valence-corrected chi connectivity index (χ3v) is 1.73. The first kappa shape index (κ1) is 12.5. The lowest BCUT2D eigenvalue weighted by molar-refractivity contribution is 0.00377. The summed E-state index contributed by atoms with van der Waals surface area (Å²) in [5.74, 6) is -3.17. The minimum Gasteiger partial charge on any atom is -0.385 e. The summed E-state index contributed by atoms with van der Waals surface area (Å²) in [5.41, 5.74) is 5.05. The Balaban J connectivity index is 2.71. The number of aliphatic hydroxyl groups excluding tert-OH is 1. The monoisotopic (exact) mass is 239 g/mol. The second kappa shape index (κ2) is 4.97. The molecule has 4 nitrogen and oxygen atoms in total. The quantitative estimate of drug-likeness (QED) is 0.685. The van der Waals surface area contributed by atoms with Crippen molar-refractivity contribution in [2.24, 2.45) is 0 Å². The summed E-state index contributed by atoms with van der Waals surface area (Å²) in [5, 5.41) is 10.8. The van der Waals surface area contributed by atoms with Crippen LogP contribution in [0.5, 0.6) is 0 Å². The predicted molar refractivity (Wildman–Crippen MR) is 49.1 cm³/mol. The zero-order valence-electron chi connectivity index (χ0n) is 7.92. The highest BCUT2D eigenvalue weighted by atomic mass is 19.3. The van der Waals surface area contributed by atoms with Crippen LogP contribution in [-0.2, 0) is 0 Å². The molecule has 0 fully saturated rings. The Kier molecular flexibility index (Phi) is 3.88. The van der Waals surface area contributed by atoms with Crippen LogP contribution < -0.4 is 11.1 Å². The summed E-state index contributed by atoms with van der Waals surface area (Å²) in [6, 6.07) is 0.472. The minimum absolute atomic E-state index is 0.472. The van der Waals surface area contributed by atoms with Crippen molar-refractivity contribution in [2.45, 2.75) is 12.5 Å². The van der Waals surface area contributed by atoms with Crippen molar-refractivity contribution in [2.75, 3.05) is 17.6 Å². The van der Waals surface area contributed by atoms with E-state index in [0.717, 1.165) is 0 Å². The molecule has 0 aliphatic carbocycles. The van der Waals surface area contributed by atoms with E-state index in [1.807, 2.05) is 0 Å². The first-order valence-electron chi connectivity index (χ1n) is 4.23. The molecule has 4 N–H and O–H groups in total. The molecule has 0 spiro atoms. The maximum Gasteiger partial charge on any atom is 0.265 e. The van der Waals surface area contributed by atoms with Crippen molar-refractivity contribution in [1.82, 2.24) is 4.98 Å². The van der Waals surface area contributed by atoms with Gasteiger partial charge in [0.25, 0.3) is 6.43 Å². The summed E-state index contributed by atoms with van der Waals surface area (Å²) in [6.07, 6.45) is -4.93. The first-order valence-corrected chi connectivity index (χ1v) is 4.23. The molecule has 0 saturated heterocycles. The van der Waals surface area contributed by atoms with Gasteiger partial charge in [0.2, 0.25) is 0 Å². The number of aliphatic hydroxyl groups is 1. The number of nitrogens with two attached hydrogens (primary N) is 1. The van der Waals surface area contributed by atoms with E-state index in [1.54, 1.807) is 0 Å². The normalized spacial score (nSPS) is 12.9.